The summed E-state index contributed by atoms with van der Waals surface area (Å²) in [6, 6.07) is 11.9. The molecule has 0 bridgehead atoms. The summed E-state index contributed by atoms with van der Waals surface area (Å²) in [7, 11) is 4.08. The van der Waals surface area contributed by atoms with Crippen LogP contribution in [0.4, 0.5) is 0 Å². The van der Waals surface area contributed by atoms with Crippen LogP contribution in [0.15, 0.2) is 36.4 Å². The molecule has 0 saturated carbocycles. The molecule has 2 N–H and O–H groups in total. The van der Waals surface area contributed by atoms with Crippen LogP contribution in [-0.2, 0) is 23.7 Å². The lowest BCUT2D eigenvalue weighted by atomic mass is 9.93. The molecule has 28 heavy (non-hydrogen) atoms. The van der Waals surface area contributed by atoms with Crippen LogP contribution in [0, 0.1) is 5.92 Å². The predicted molar refractivity (Wildman–Crippen MR) is 110 cm³/mol. The number of methoxy groups -OCH3 is 4. The van der Waals surface area contributed by atoms with Crippen molar-refractivity contribution in [2.24, 2.45) is 11.1 Å². The van der Waals surface area contributed by atoms with Crippen molar-refractivity contribution in [1.29, 1.82) is 0 Å². The maximum absolute atomic E-state index is 8.81. The van der Waals surface area contributed by atoms with Gasteiger partial charge in [0.25, 0.3) is 0 Å². The predicted octanol–water partition coefficient (Wildman–Crippen LogP) is 2.61. The second-order valence-electron chi connectivity index (χ2n) is 6.15. The van der Waals surface area contributed by atoms with Crippen molar-refractivity contribution < 1.29 is 27.4 Å². The molecule has 0 spiro atoms. The minimum Gasteiger partial charge on any atom is -0.497 e. The standard InChI is InChI=1S/C20H26O4.H3NO2S/c1-14(10-15-6-8-17(21-2)12-19(15)23-4)11-16-7-9-18(22-3)13-20(16)24-5;1-4(2)3/h6-9,12-14H,10-11H2,1-5H3;4H,(H2,1,2,3). The summed E-state index contributed by atoms with van der Waals surface area (Å²) < 4.78 is 39.1. The normalized spacial score (nSPS) is 10.3. The molecule has 7 nitrogen and oxygen atoms in total. The van der Waals surface area contributed by atoms with Gasteiger partial charge in [-0.3, -0.25) is 0 Å². The summed E-state index contributed by atoms with van der Waals surface area (Å²) in [4.78, 5) is 0. The number of rotatable bonds is 8. The molecule has 156 valence electrons. The van der Waals surface area contributed by atoms with Gasteiger partial charge < -0.3 is 18.9 Å². The van der Waals surface area contributed by atoms with E-state index >= 15 is 0 Å². The number of ether oxygens (including phenoxy) is 4. The summed E-state index contributed by atoms with van der Waals surface area (Å²) in [5.41, 5.74) is 2.36. The van der Waals surface area contributed by atoms with E-state index in [0.717, 1.165) is 35.8 Å². The maximum atomic E-state index is 8.81. The van der Waals surface area contributed by atoms with Crippen molar-refractivity contribution in [3.8, 4) is 23.0 Å². The minimum atomic E-state index is -2.62. The Hall–Kier alpha value is -2.45. The van der Waals surface area contributed by atoms with Gasteiger partial charge in [-0.05, 0) is 42.0 Å². The number of benzene rings is 2. The molecule has 0 heterocycles. The van der Waals surface area contributed by atoms with E-state index in [4.69, 9.17) is 27.4 Å². The fourth-order valence-corrected chi connectivity index (χ4v) is 2.86. The summed E-state index contributed by atoms with van der Waals surface area (Å²) in [5, 5.41) is 4.06. The number of hydrogen-bond acceptors (Lipinski definition) is 6. The van der Waals surface area contributed by atoms with Crippen LogP contribution in [0.5, 0.6) is 23.0 Å². The van der Waals surface area contributed by atoms with E-state index in [1.807, 2.05) is 24.3 Å². The lowest BCUT2D eigenvalue weighted by Crippen LogP contribution is -2.06. The smallest absolute Gasteiger partial charge is 0.198 e. The molecule has 0 aliphatic heterocycles. The van der Waals surface area contributed by atoms with E-state index in [1.54, 1.807) is 28.4 Å². The van der Waals surface area contributed by atoms with Crippen molar-refractivity contribution >= 4 is 10.9 Å². The Labute approximate surface area is 168 Å². The Morgan fingerprint density at radius 1 is 0.786 bits per heavy atom. The molecule has 2 rings (SSSR count). The first kappa shape index (κ1) is 23.6. The molecule has 0 aromatic heterocycles. The Kier molecular flexibility index (Phi) is 10.2. The minimum absolute atomic E-state index is 0.439. The second kappa shape index (κ2) is 12.1. The molecule has 2 aromatic rings. The fraction of sp³-hybridized carbons (Fsp3) is 0.400. The summed E-state index contributed by atoms with van der Waals surface area (Å²) in [6.07, 6.45) is 1.84. The Balaban J connectivity index is 0.000000892. The molecule has 0 aliphatic rings. The van der Waals surface area contributed by atoms with Crippen molar-refractivity contribution in [3.05, 3.63) is 47.5 Å². The van der Waals surface area contributed by atoms with E-state index in [0.29, 0.717) is 5.92 Å². The highest BCUT2D eigenvalue weighted by molar-refractivity contribution is 7.69. The average molecular weight is 412 g/mol. The van der Waals surface area contributed by atoms with E-state index < -0.39 is 10.9 Å². The van der Waals surface area contributed by atoms with Crippen LogP contribution < -0.4 is 24.1 Å². The largest absolute Gasteiger partial charge is 0.497 e. The van der Waals surface area contributed by atoms with Crippen LogP contribution >= 0.6 is 0 Å². The third kappa shape index (κ3) is 7.66. The van der Waals surface area contributed by atoms with Gasteiger partial charge in [0, 0.05) is 12.1 Å². The maximum Gasteiger partial charge on any atom is 0.198 e. The van der Waals surface area contributed by atoms with Crippen molar-refractivity contribution in [2.45, 2.75) is 19.8 Å². The molecule has 8 heteroatoms. The highest BCUT2D eigenvalue weighted by atomic mass is 32.2. The molecular weight excluding hydrogens is 382 g/mol. The van der Waals surface area contributed by atoms with Gasteiger partial charge in [0.2, 0.25) is 0 Å². The van der Waals surface area contributed by atoms with Crippen molar-refractivity contribution in [1.82, 2.24) is 0 Å². The van der Waals surface area contributed by atoms with E-state index in [1.165, 1.54) is 11.1 Å². The van der Waals surface area contributed by atoms with Gasteiger partial charge in [0.1, 0.15) is 23.0 Å². The van der Waals surface area contributed by atoms with Gasteiger partial charge >= 0.3 is 0 Å². The van der Waals surface area contributed by atoms with Gasteiger partial charge in [-0.25, -0.2) is 13.6 Å². The van der Waals surface area contributed by atoms with Crippen molar-refractivity contribution in [3.63, 3.8) is 0 Å². The highest BCUT2D eigenvalue weighted by Gasteiger charge is 2.13. The molecule has 0 atom stereocenters. The van der Waals surface area contributed by atoms with E-state index in [9.17, 15) is 0 Å². The van der Waals surface area contributed by atoms with Crippen LogP contribution in [0.25, 0.3) is 0 Å². The van der Waals surface area contributed by atoms with Gasteiger partial charge in [0.05, 0.1) is 28.4 Å². The van der Waals surface area contributed by atoms with Crippen LogP contribution in [0.3, 0.4) is 0 Å². The molecule has 0 saturated heterocycles. The van der Waals surface area contributed by atoms with Gasteiger partial charge in [-0.15, -0.1) is 0 Å². The monoisotopic (exact) mass is 411 g/mol. The fourth-order valence-electron chi connectivity index (χ4n) is 2.86. The molecule has 0 aliphatic carbocycles. The lowest BCUT2D eigenvalue weighted by Gasteiger charge is -2.17. The van der Waals surface area contributed by atoms with Crippen LogP contribution in [-0.4, -0.2) is 36.9 Å². The Morgan fingerprint density at radius 3 is 1.43 bits per heavy atom. The average Bonchev–Trinajstić information content (AvgIpc) is 2.68. The van der Waals surface area contributed by atoms with E-state index in [2.05, 4.69) is 24.2 Å². The van der Waals surface area contributed by atoms with Gasteiger partial charge in [0.15, 0.2) is 10.9 Å². The zero-order valence-corrected chi connectivity index (χ0v) is 17.8. The van der Waals surface area contributed by atoms with Gasteiger partial charge in [-0.2, -0.15) is 0 Å². The Morgan fingerprint density at radius 2 is 1.14 bits per heavy atom. The Bertz CT molecular complexity index is 757. The molecule has 0 unspecified atom stereocenters. The molecule has 2 aromatic carbocycles. The zero-order chi connectivity index (χ0) is 21.1. The SMILES string of the molecule is COc1ccc(CC(C)Cc2ccc(OC)cc2OC)c(OC)c1.N[SH](=O)=O. The zero-order valence-electron chi connectivity index (χ0n) is 16.9. The summed E-state index contributed by atoms with van der Waals surface area (Å²) in [6.45, 7) is 2.23. The first-order valence-electron chi connectivity index (χ1n) is 8.65. The second-order valence-corrected chi connectivity index (χ2v) is 6.73. The van der Waals surface area contributed by atoms with Gasteiger partial charge in [-0.1, -0.05) is 19.1 Å². The third-order valence-corrected chi connectivity index (χ3v) is 4.13. The lowest BCUT2D eigenvalue weighted by molar-refractivity contribution is 0.384. The number of nitrogens with two attached hydrogens (primary N) is 1. The summed E-state index contributed by atoms with van der Waals surface area (Å²) in [5.74, 6) is 3.78. The molecule has 0 amide bonds. The van der Waals surface area contributed by atoms with Crippen LogP contribution in [0.2, 0.25) is 0 Å². The highest BCUT2D eigenvalue weighted by Crippen LogP contribution is 2.30. The number of hydrogen-bond donors (Lipinski definition) is 2. The van der Waals surface area contributed by atoms with E-state index in [-0.39, 0.29) is 0 Å². The first-order valence-corrected chi connectivity index (χ1v) is 9.90. The van der Waals surface area contributed by atoms with Crippen LogP contribution in [0.1, 0.15) is 18.1 Å². The third-order valence-electron chi connectivity index (χ3n) is 4.13. The quantitative estimate of drug-likeness (QED) is 0.648. The molecule has 0 radical (unpaired) electrons. The molecular formula is C20H29NO6S. The molecule has 0 fully saturated rings. The summed E-state index contributed by atoms with van der Waals surface area (Å²) >= 11 is 0. The first-order chi connectivity index (χ1) is 13.3. The number of thiol groups is 1. The topological polar surface area (TPSA) is 97.1 Å². The van der Waals surface area contributed by atoms with Crippen molar-refractivity contribution in [2.75, 3.05) is 28.4 Å².